The Morgan fingerprint density at radius 3 is 1.78 bits per heavy atom. The molecule has 3 unspecified atom stereocenters. The highest BCUT2D eigenvalue weighted by molar-refractivity contribution is 5.83. The maximum atomic E-state index is 12.3. The van der Waals surface area contributed by atoms with Gasteiger partial charge in [0.1, 0.15) is 0 Å². The van der Waals surface area contributed by atoms with Crippen LogP contribution < -0.4 is 0 Å². The van der Waals surface area contributed by atoms with E-state index in [4.69, 9.17) is 14.2 Å². The largest absolute Gasteiger partial charge is 0.481 e. The van der Waals surface area contributed by atoms with E-state index in [2.05, 4.69) is 0 Å². The number of ether oxygens (including phenoxy) is 3. The van der Waals surface area contributed by atoms with Crippen LogP contribution in [-0.2, 0) is 33.4 Å². The van der Waals surface area contributed by atoms with Gasteiger partial charge in [-0.2, -0.15) is 0 Å². The lowest BCUT2D eigenvalue weighted by Gasteiger charge is -2.23. The van der Waals surface area contributed by atoms with E-state index in [-0.39, 0.29) is 32.7 Å². The summed E-state index contributed by atoms with van der Waals surface area (Å²) in [6, 6.07) is 0. The number of carbonyl (C=O) groups is 4. The number of hydrogen-bond donors (Lipinski definition) is 1. The first-order chi connectivity index (χ1) is 12.8. The first kappa shape index (κ1) is 24.9. The van der Waals surface area contributed by atoms with Gasteiger partial charge in [-0.25, -0.2) is 0 Å². The summed E-state index contributed by atoms with van der Waals surface area (Å²) < 4.78 is 15.2. The Hall–Kier alpha value is -2.12. The molecule has 0 heterocycles. The van der Waals surface area contributed by atoms with Gasteiger partial charge in [0, 0.05) is 0 Å². The minimum atomic E-state index is -1.18. The Balaban J connectivity index is 5.34. The van der Waals surface area contributed by atoms with Crippen molar-refractivity contribution >= 4 is 23.9 Å². The molecule has 0 saturated heterocycles. The molecule has 8 heteroatoms. The van der Waals surface area contributed by atoms with Crippen molar-refractivity contribution in [2.45, 2.75) is 59.8 Å². The Kier molecular flexibility index (Phi) is 12.9. The molecule has 1 N–H and O–H groups in total. The number of hydrogen-bond acceptors (Lipinski definition) is 7. The van der Waals surface area contributed by atoms with Crippen LogP contribution in [0.25, 0.3) is 0 Å². The van der Waals surface area contributed by atoms with E-state index in [0.29, 0.717) is 19.3 Å². The molecular weight excluding hydrogens is 356 g/mol. The van der Waals surface area contributed by atoms with E-state index in [1.807, 2.05) is 20.8 Å². The Bertz CT molecular complexity index is 488. The molecule has 0 rings (SSSR count). The number of carbonyl (C=O) groups excluding carboxylic acids is 3. The third-order valence-electron chi connectivity index (χ3n) is 3.94. The van der Waals surface area contributed by atoms with E-state index in [9.17, 15) is 24.3 Å². The molecule has 0 bridgehead atoms. The summed E-state index contributed by atoms with van der Waals surface area (Å²) in [5.74, 6) is -6.20. The fourth-order valence-electron chi connectivity index (χ4n) is 2.35. The van der Waals surface area contributed by atoms with Crippen LogP contribution in [0.5, 0.6) is 0 Å². The molecule has 27 heavy (non-hydrogen) atoms. The van der Waals surface area contributed by atoms with Crippen LogP contribution in [-0.4, -0.2) is 48.8 Å². The van der Waals surface area contributed by atoms with Crippen molar-refractivity contribution in [3.05, 3.63) is 0 Å². The summed E-state index contributed by atoms with van der Waals surface area (Å²) in [5, 5.41) is 9.30. The second-order valence-corrected chi connectivity index (χ2v) is 6.43. The number of aliphatic carboxylic acids is 1. The van der Waals surface area contributed by atoms with Gasteiger partial charge < -0.3 is 19.3 Å². The highest BCUT2D eigenvalue weighted by Crippen LogP contribution is 2.26. The third-order valence-corrected chi connectivity index (χ3v) is 3.94. The van der Waals surface area contributed by atoms with E-state index >= 15 is 0 Å². The summed E-state index contributed by atoms with van der Waals surface area (Å²) in [6.45, 7) is 7.43. The van der Waals surface area contributed by atoms with Crippen molar-refractivity contribution in [2.24, 2.45) is 17.8 Å². The van der Waals surface area contributed by atoms with E-state index < -0.39 is 41.6 Å². The van der Waals surface area contributed by atoms with Gasteiger partial charge in [0.25, 0.3) is 0 Å². The summed E-state index contributed by atoms with van der Waals surface area (Å²) in [4.78, 5) is 48.0. The molecule has 156 valence electrons. The molecule has 8 nitrogen and oxygen atoms in total. The Morgan fingerprint density at radius 1 is 0.815 bits per heavy atom. The van der Waals surface area contributed by atoms with Crippen LogP contribution >= 0.6 is 0 Å². The average molecular weight is 388 g/mol. The van der Waals surface area contributed by atoms with Gasteiger partial charge in [-0.1, -0.05) is 27.7 Å². The molecular formula is C19H32O8. The molecule has 0 amide bonds. The second-order valence-electron chi connectivity index (χ2n) is 6.43. The lowest BCUT2D eigenvalue weighted by atomic mass is 9.84. The maximum Gasteiger partial charge on any atom is 0.309 e. The normalized spacial score (nSPS) is 13.9. The monoisotopic (exact) mass is 388 g/mol. The second kappa shape index (κ2) is 14.0. The maximum absolute atomic E-state index is 12.3. The van der Waals surface area contributed by atoms with Crippen molar-refractivity contribution in [1.82, 2.24) is 0 Å². The van der Waals surface area contributed by atoms with Crippen molar-refractivity contribution in [1.29, 1.82) is 0 Å². The highest BCUT2D eigenvalue weighted by atomic mass is 16.5. The van der Waals surface area contributed by atoms with Crippen LogP contribution in [0.1, 0.15) is 59.8 Å². The molecule has 0 saturated carbocycles. The highest BCUT2D eigenvalue weighted by Gasteiger charge is 2.37. The molecule has 0 aromatic carbocycles. The molecule has 0 aromatic heterocycles. The van der Waals surface area contributed by atoms with Gasteiger partial charge in [0.15, 0.2) is 0 Å². The molecule has 0 spiro atoms. The van der Waals surface area contributed by atoms with Crippen LogP contribution in [0.15, 0.2) is 0 Å². The van der Waals surface area contributed by atoms with Crippen molar-refractivity contribution in [3.63, 3.8) is 0 Å². The minimum absolute atomic E-state index is 0.153. The van der Waals surface area contributed by atoms with Crippen LogP contribution in [0.3, 0.4) is 0 Å². The summed E-state index contributed by atoms with van der Waals surface area (Å²) in [6.07, 6.45) is 1.41. The van der Waals surface area contributed by atoms with Gasteiger partial charge in [0.2, 0.25) is 0 Å². The molecule has 0 aliphatic heterocycles. The quantitative estimate of drug-likeness (QED) is 0.356. The average Bonchev–Trinajstić information content (AvgIpc) is 2.64. The topological polar surface area (TPSA) is 116 Å². The number of carboxylic acid groups (broad SMARTS) is 1. The summed E-state index contributed by atoms with van der Waals surface area (Å²) in [5.41, 5.74) is 0. The Morgan fingerprint density at radius 2 is 1.30 bits per heavy atom. The first-order valence-electron chi connectivity index (χ1n) is 9.49. The predicted octanol–water partition coefficient (Wildman–Crippen LogP) is 2.58. The predicted molar refractivity (Wildman–Crippen MR) is 96.8 cm³/mol. The van der Waals surface area contributed by atoms with Gasteiger partial charge in [-0.05, 0) is 25.7 Å². The van der Waals surface area contributed by atoms with Gasteiger partial charge >= 0.3 is 23.9 Å². The standard InChI is InChI=1S/C19H32O8/c1-5-8-25-16(20)12-14(18(23)26-9-6-2)11-15(13(4)17(21)22)19(24)27-10-7-3/h13-15H,5-12H2,1-4H3,(H,21,22). The van der Waals surface area contributed by atoms with Gasteiger partial charge in [-0.3, -0.25) is 19.2 Å². The van der Waals surface area contributed by atoms with Gasteiger partial charge in [0.05, 0.1) is 44.0 Å². The van der Waals surface area contributed by atoms with Gasteiger partial charge in [-0.15, -0.1) is 0 Å². The minimum Gasteiger partial charge on any atom is -0.481 e. The zero-order valence-corrected chi connectivity index (χ0v) is 16.7. The SMILES string of the molecule is CCCOC(=O)CC(CC(C(=O)OCCC)C(C)C(=O)O)C(=O)OCCC. The van der Waals surface area contributed by atoms with Crippen molar-refractivity contribution < 1.29 is 38.5 Å². The zero-order valence-electron chi connectivity index (χ0n) is 16.7. The zero-order chi connectivity index (χ0) is 20.8. The summed E-state index contributed by atoms with van der Waals surface area (Å²) in [7, 11) is 0. The first-order valence-corrected chi connectivity index (χ1v) is 9.49. The van der Waals surface area contributed by atoms with Crippen molar-refractivity contribution in [3.8, 4) is 0 Å². The lowest BCUT2D eigenvalue weighted by Crippen LogP contribution is -2.34. The van der Waals surface area contributed by atoms with Crippen molar-refractivity contribution in [2.75, 3.05) is 19.8 Å². The fourth-order valence-corrected chi connectivity index (χ4v) is 2.35. The van der Waals surface area contributed by atoms with E-state index in [0.717, 1.165) is 0 Å². The van der Waals surface area contributed by atoms with Crippen LogP contribution in [0.4, 0.5) is 0 Å². The molecule has 0 aliphatic rings. The number of carboxylic acids is 1. The fraction of sp³-hybridized carbons (Fsp3) is 0.789. The van der Waals surface area contributed by atoms with Crippen LogP contribution in [0, 0.1) is 17.8 Å². The Labute approximate surface area is 160 Å². The van der Waals surface area contributed by atoms with Crippen LogP contribution in [0.2, 0.25) is 0 Å². The third kappa shape index (κ3) is 9.96. The number of esters is 3. The molecule has 0 radical (unpaired) electrons. The van der Waals surface area contributed by atoms with E-state index in [1.165, 1.54) is 6.92 Å². The molecule has 3 atom stereocenters. The molecule has 0 fully saturated rings. The van der Waals surface area contributed by atoms with E-state index in [1.54, 1.807) is 0 Å². The number of rotatable bonds is 14. The molecule has 0 aromatic rings. The lowest BCUT2D eigenvalue weighted by molar-refractivity contribution is -0.162. The summed E-state index contributed by atoms with van der Waals surface area (Å²) >= 11 is 0. The smallest absolute Gasteiger partial charge is 0.309 e. The molecule has 0 aliphatic carbocycles.